The van der Waals surface area contributed by atoms with Crippen LogP contribution in [-0.4, -0.2) is 21.2 Å². The second-order valence-corrected chi connectivity index (χ2v) is 7.54. The fraction of sp³-hybridized carbons (Fsp3) is 0.250. The SMILES string of the molecule is CCn1c(SCCC(=O)Nc2ccc(C)c(Cl)c2)nc2ccccc2c1=O. The third-order valence-corrected chi connectivity index (χ3v) is 5.54. The van der Waals surface area contributed by atoms with E-state index in [1.165, 1.54) is 11.8 Å². The van der Waals surface area contributed by atoms with Gasteiger partial charge in [-0.25, -0.2) is 4.98 Å². The van der Waals surface area contributed by atoms with Gasteiger partial charge in [0.05, 0.1) is 10.9 Å². The molecule has 0 radical (unpaired) electrons. The second-order valence-electron chi connectivity index (χ2n) is 6.07. The third kappa shape index (κ3) is 4.51. The van der Waals surface area contributed by atoms with Crippen molar-refractivity contribution in [1.82, 2.24) is 9.55 Å². The Labute approximate surface area is 166 Å². The van der Waals surface area contributed by atoms with Crippen LogP contribution in [0.2, 0.25) is 5.02 Å². The van der Waals surface area contributed by atoms with Gasteiger partial charge in [-0.2, -0.15) is 0 Å². The maximum absolute atomic E-state index is 12.6. The van der Waals surface area contributed by atoms with Crippen molar-refractivity contribution in [2.75, 3.05) is 11.1 Å². The molecule has 1 N–H and O–H groups in total. The Hall–Kier alpha value is -2.31. The number of carbonyl (C=O) groups excluding carboxylic acids is 1. The highest BCUT2D eigenvalue weighted by Gasteiger charge is 2.11. The fourth-order valence-electron chi connectivity index (χ4n) is 2.67. The van der Waals surface area contributed by atoms with E-state index in [-0.39, 0.29) is 11.5 Å². The highest BCUT2D eigenvalue weighted by atomic mass is 35.5. The number of amides is 1. The summed E-state index contributed by atoms with van der Waals surface area (Å²) in [6, 6.07) is 12.7. The highest BCUT2D eigenvalue weighted by molar-refractivity contribution is 7.99. The van der Waals surface area contributed by atoms with Gasteiger partial charge in [-0.3, -0.25) is 14.2 Å². The number of nitrogens with one attached hydrogen (secondary N) is 1. The van der Waals surface area contributed by atoms with Gasteiger partial charge in [0.2, 0.25) is 5.91 Å². The molecule has 140 valence electrons. The summed E-state index contributed by atoms with van der Waals surface area (Å²) >= 11 is 7.49. The van der Waals surface area contributed by atoms with Crippen LogP contribution in [0.3, 0.4) is 0 Å². The largest absolute Gasteiger partial charge is 0.326 e. The maximum Gasteiger partial charge on any atom is 0.262 e. The van der Waals surface area contributed by atoms with Gasteiger partial charge in [-0.05, 0) is 43.7 Å². The lowest BCUT2D eigenvalue weighted by Gasteiger charge is -2.11. The van der Waals surface area contributed by atoms with E-state index in [1.807, 2.05) is 44.2 Å². The van der Waals surface area contributed by atoms with Gasteiger partial charge in [0, 0.05) is 29.4 Å². The number of aryl methyl sites for hydroxylation is 1. The van der Waals surface area contributed by atoms with E-state index in [0.29, 0.717) is 45.5 Å². The number of thioether (sulfide) groups is 1. The molecule has 0 saturated heterocycles. The van der Waals surface area contributed by atoms with Crippen molar-refractivity contribution in [1.29, 1.82) is 0 Å². The lowest BCUT2D eigenvalue weighted by atomic mass is 10.2. The zero-order valence-electron chi connectivity index (χ0n) is 15.2. The summed E-state index contributed by atoms with van der Waals surface area (Å²) < 4.78 is 1.64. The van der Waals surface area contributed by atoms with E-state index < -0.39 is 0 Å². The Bertz CT molecular complexity index is 1050. The molecule has 0 bridgehead atoms. The Morgan fingerprint density at radius 2 is 2.04 bits per heavy atom. The Morgan fingerprint density at radius 1 is 1.26 bits per heavy atom. The normalized spacial score (nSPS) is 10.9. The molecule has 5 nitrogen and oxygen atoms in total. The number of hydrogen-bond donors (Lipinski definition) is 1. The van der Waals surface area contributed by atoms with Crippen molar-refractivity contribution in [2.45, 2.75) is 32.0 Å². The number of halogens is 1. The number of anilines is 1. The number of hydrogen-bond acceptors (Lipinski definition) is 4. The quantitative estimate of drug-likeness (QED) is 0.488. The first kappa shape index (κ1) is 19.5. The summed E-state index contributed by atoms with van der Waals surface area (Å²) in [5.41, 5.74) is 2.26. The monoisotopic (exact) mass is 401 g/mol. The first-order valence-corrected chi connectivity index (χ1v) is 10.0. The summed E-state index contributed by atoms with van der Waals surface area (Å²) in [7, 11) is 0. The molecule has 7 heteroatoms. The van der Waals surface area contributed by atoms with Crippen LogP contribution in [0.4, 0.5) is 5.69 Å². The van der Waals surface area contributed by atoms with E-state index >= 15 is 0 Å². The van der Waals surface area contributed by atoms with Gasteiger partial charge in [-0.15, -0.1) is 0 Å². The molecule has 0 fully saturated rings. The molecule has 1 heterocycles. The van der Waals surface area contributed by atoms with Gasteiger partial charge in [-0.1, -0.05) is 41.6 Å². The van der Waals surface area contributed by atoms with E-state index in [1.54, 1.807) is 16.7 Å². The lowest BCUT2D eigenvalue weighted by Crippen LogP contribution is -2.22. The van der Waals surface area contributed by atoms with Crippen LogP contribution in [0.15, 0.2) is 52.4 Å². The van der Waals surface area contributed by atoms with Crippen LogP contribution in [0.25, 0.3) is 10.9 Å². The van der Waals surface area contributed by atoms with Crippen molar-refractivity contribution in [3.8, 4) is 0 Å². The van der Waals surface area contributed by atoms with Gasteiger partial charge >= 0.3 is 0 Å². The Balaban J connectivity index is 1.67. The van der Waals surface area contributed by atoms with Crippen LogP contribution in [0, 0.1) is 6.92 Å². The molecule has 1 amide bonds. The maximum atomic E-state index is 12.6. The van der Waals surface area contributed by atoms with Crippen LogP contribution in [0.5, 0.6) is 0 Å². The Kier molecular flexibility index (Phi) is 6.19. The van der Waals surface area contributed by atoms with Crippen molar-refractivity contribution >= 4 is 45.9 Å². The molecular weight excluding hydrogens is 382 g/mol. The minimum absolute atomic E-state index is 0.0515. The molecule has 0 aliphatic heterocycles. The molecule has 0 aliphatic carbocycles. The summed E-state index contributed by atoms with van der Waals surface area (Å²) in [6.07, 6.45) is 0.308. The number of benzene rings is 2. The summed E-state index contributed by atoms with van der Waals surface area (Å²) in [6.45, 7) is 4.36. The van der Waals surface area contributed by atoms with Crippen molar-refractivity contribution in [2.24, 2.45) is 0 Å². The molecular formula is C20H20ClN3O2S. The summed E-state index contributed by atoms with van der Waals surface area (Å²) in [5.74, 6) is 0.421. The number of rotatable bonds is 6. The highest BCUT2D eigenvalue weighted by Crippen LogP contribution is 2.21. The van der Waals surface area contributed by atoms with Gasteiger partial charge in [0.25, 0.3) is 5.56 Å². The fourth-order valence-corrected chi connectivity index (χ4v) is 3.85. The second kappa shape index (κ2) is 8.59. The molecule has 3 aromatic rings. The molecule has 2 aromatic carbocycles. The first-order valence-electron chi connectivity index (χ1n) is 8.68. The third-order valence-electron chi connectivity index (χ3n) is 4.16. The topological polar surface area (TPSA) is 64.0 Å². The molecule has 3 rings (SSSR count). The molecule has 0 spiro atoms. The lowest BCUT2D eigenvalue weighted by molar-refractivity contribution is -0.115. The van der Waals surface area contributed by atoms with Gasteiger partial charge in [0.15, 0.2) is 5.16 Å². The smallest absolute Gasteiger partial charge is 0.262 e. The number of fused-ring (bicyclic) bond motifs is 1. The summed E-state index contributed by atoms with van der Waals surface area (Å²) in [5, 5.41) is 4.70. The van der Waals surface area contributed by atoms with Crippen molar-refractivity contribution in [3.05, 3.63) is 63.4 Å². The number of carbonyl (C=O) groups is 1. The zero-order valence-corrected chi connectivity index (χ0v) is 16.7. The average Bonchev–Trinajstić information content (AvgIpc) is 2.65. The molecule has 0 unspecified atom stereocenters. The predicted molar refractivity (Wildman–Crippen MR) is 112 cm³/mol. The number of nitrogens with zero attached hydrogens (tertiary/aromatic N) is 2. The van der Waals surface area contributed by atoms with E-state index in [4.69, 9.17) is 11.6 Å². The zero-order chi connectivity index (χ0) is 19.4. The molecule has 1 aromatic heterocycles. The molecule has 0 atom stereocenters. The van der Waals surface area contributed by atoms with Gasteiger partial charge in [0.1, 0.15) is 0 Å². The van der Waals surface area contributed by atoms with Crippen LogP contribution in [-0.2, 0) is 11.3 Å². The Morgan fingerprint density at radius 3 is 2.78 bits per heavy atom. The average molecular weight is 402 g/mol. The minimum atomic E-state index is -0.103. The van der Waals surface area contributed by atoms with Crippen LogP contribution >= 0.6 is 23.4 Å². The molecule has 27 heavy (non-hydrogen) atoms. The van der Waals surface area contributed by atoms with Crippen molar-refractivity contribution in [3.63, 3.8) is 0 Å². The van der Waals surface area contributed by atoms with Crippen LogP contribution in [0.1, 0.15) is 18.9 Å². The number of para-hydroxylation sites is 1. The number of aromatic nitrogens is 2. The van der Waals surface area contributed by atoms with Gasteiger partial charge < -0.3 is 5.32 Å². The van der Waals surface area contributed by atoms with E-state index in [0.717, 1.165) is 5.56 Å². The van der Waals surface area contributed by atoms with Crippen molar-refractivity contribution < 1.29 is 4.79 Å². The molecule has 0 aliphatic rings. The first-order chi connectivity index (χ1) is 13.0. The predicted octanol–water partition coefficient (Wildman–Crippen LogP) is 4.50. The minimum Gasteiger partial charge on any atom is -0.326 e. The van der Waals surface area contributed by atoms with E-state index in [9.17, 15) is 9.59 Å². The molecule has 0 saturated carbocycles. The van der Waals surface area contributed by atoms with E-state index in [2.05, 4.69) is 10.3 Å². The summed E-state index contributed by atoms with van der Waals surface area (Å²) in [4.78, 5) is 29.4. The standard InChI is InChI=1S/C20H20ClN3O2S/c1-3-24-19(26)15-6-4-5-7-17(15)23-20(24)27-11-10-18(25)22-14-9-8-13(2)16(21)12-14/h4-9,12H,3,10-11H2,1-2H3,(H,22,25). The van der Waals surface area contributed by atoms with Crippen LogP contribution < -0.4 is 10.9 Å².